The average Bonchev–Trinajstić information content (AvgIpc) is 2.88. The van der Waals surface area contributed by atoms with Gasteiger partial charge in [-0.05, 0) is 68.1 Å². The summed E-state index contributed by atoms with van der Waals surface area (Å²) < 4.78 is 5.48. The number of ether oxygens (including phenoxy) is 1. The Kier molecular flexibility index (Phi) is 5.99. The number of carbonyl (C=O) groups excluding carboxylic acids is 2. The van der Waals surface area contributed by atoms with Gasteiger partial charge in [-0.2, -0.15) is 0 Å². The molecule has 4 aliphatic rings. The van der Waals surface area contributed by atoms with Gasteiger partial charge >= 0.3 is 5.97 Å². The summed E-state index contributed by atoms with van der Waals surface area (Å²) in [6.45, 7) is 6.32. The predicted octanol–water partition coefficient (Wildman–Crippen LogP) is 6.35. The van der Waals surface area contributed by atoms with Gasteiger partial charge in [0.05, 0.1) is 9.65 Å². The summed E-state index contributed by atoms with van der Waals surface area (Å²) in [4.78, 5) is 24.4. The summed E-state index contributed by atoms with van der Waals surface area (Å²) in [6.07, 6.45) is 9.96. The Morgan fingerprint density at radius 3 is 2.52 bits per heavy atom. The Balaban J connectivity index is 1.63. The van der Waals surface area contributed by atoms with Crippen molar-refractivity contribution in [2.24, 2.45) is 28.6 Å². The van der Waals surface area contributed by atoms with E-state index >= 15 is 0 Å². The fourth-order valence-electron chi connectivity index (χ4n) is 7.55. The van der Waals surface area contributed by atoms with Crippen LogP contribution in [-0.4, -0.2) is 32.3 Å². The minimum absolute atomic E-state index is 0.0918. The summed E-state index contributed by atoms with van der Waals surface area (Å²) in [7, 11) is 0. The number of esters is 1. The zero-order chi connectivity index (χ0) is 21.2. The van der Waals surface area contributed by atoms with E-state index in [-0.39, 0.29) is 37.8 Å². The topological polar surface area (TPSA) is 43.4 Å². The second kappa shape index (κ2) is 7.72. The van der Waals surface area contributed by atoms with Crippen molar-refractivity contribution in [3.05, 3.63) is 11.6 Å². The Morgan fingerprint density at radius 1 is 1.14 bits per heavy atom. The SMILES string of the molecule is CC(=O)O[C@H]1CC[C@@]2(C)[C@H](CC[C@@H]3[C@@H]2CC[C@]2(C)C(C(=O)CBr)=C[C@H](Br)[C@]32Br)C1. The van der Waals surface area contributed by atoms with Crippen molar-refractivity contribution in [1.29, 1.82) is 0 Å². The van der Waals surface area contributed by atoms with Crippen molar-refractivity contribution in [1.82, 2.24) is 0 Å². The van der Waals surface area contributed by atoms with Crippen molar-refractivity contribution >= 4 is 59.5 Å². The third-order valence-corrected chi connectivity index (χ3v) is 13.1. The predicted molar refractivity (Wildman–Crippen MR) is 126 cm³/mol. The lowest BCUT2D eigenvalue weighted by molar-refractivity contribution is -0.157. The van der Waals surface area contributed by atoms with Gasteiger partial charge in [0.25, 0.3) is 0 Å². The normalized spacial score (nSPS) is 48.8. The quantitative estimate of drug-likeness (QED) is 0.282. The lowest BCUT2D eigenvalue weighted by atomic mass is 9.44. The van der Waals surface area contributed by atoms with Crippen LogP contribution in [0.3, 0.4) is 0 Å². The molecule has 0 saturated heterocycles. The van der Waals surface area contributed by atoms with Crippen LogP contribution in [0.1, 0.15) is 65.7 Å². The van der Waals surface area contributed by atoms with E-state index in [2.05, 4.69) is 67.7 Å². The highest BCUT2D eigenvalue weighted by Gasteiger charge is 2.68. The first-order valence-corrected chi connectivity index (χ1v) is 13.7. The number of Topliss-reactive ketones (excluding diaryl/α,β-unsaturated/α-hetero) is 1. The van der Waals surface area contributed by atoms with Crippen molar-refractivity contribution in [2.45, 2.75) is 81.0 Å². The standard InChI is InChI=1S/C23H31Br3O3/c1-13(27)29-15-6-8-21(2)14(10-15)4-5-17-16(21)7-9-22(3)18(19(28)12-24)11-20(25)23(17,22)26/h11,14-17,20H,4-10,12H2,1-3H3/t14-,15+,16+,17-,20+,21+,22-,23-/m1/s1. The van der Waals surface area contributed by atoms with Gasteiger partial charge in [0.1, 0.15) is 6.10 Å². The molecule has 0 unspecified atom stereocenters. The van der Waals surface area contributed by atoms with Crippen LogP contribution in [0.25, 0.3) is 0 Å². The highest BCUT2D eigenvalue weighted by Crippen LogP contribution is 2.71. The summed E-state index contributed by atoms with van der Waals surface area (Å²) in [6, 6.07) is 0. The van der Waals surface area contributed by atoms with Crippen LogP contribution in [0.5, 0.6) is 0 Å². The highest BCUT2D eigenvalue weighted by atomic mass is 79.9. The lowest BCUT2D eigenvalue weighted by Gasteiger charge is -2.64. The summed E-state index contributed by atoms with van der Waals surface area (Å²) in [5, 5.41) is 0.392. The molecule has 4 aliphatic carbocycles. The van der Waals surface area contributed by atoms with Crippen molar-refractivity contribution in [3.63, 3.8) is 0 Å². The van der Waals surface area contributed by atoms with Gasteiger partial charge < -0.3 is 4.74 Å². The summed E-state index contributed by atoms with van der Waals surface area (Å²) in [5.74, 6) is 1.86. The Hall–Kier alpha value is 0.320. The fraction of sp³-hybridized carbons (Fsp3) is 0.826. The average molecular weight is 595 g/mol. The fourth-order valence-corrected chi connectivity index (χ4v) is 10.1. The third-order valence-electron chi connectivity index (χ3n) is 9.05. The van der Waals surface area contributed by atoms with Crippen LogP contribution < -0.4 is 0 Å². The van der Waals surface area contributed by atoms with E-state index in [0.29, 0.717) is 23.1 Å². The van der Waals surface area contributed by atoms with E-state index in [9.17, 15) is 9.59 Å². The molecule has 29 heavy (non-hydrogen) atoms. The maximum absolute atomic E-state index is 12.7. The number of ketones is 1. The molecule has 0 spiro atoms. The van der Waals surface area contributed by atoms with Crippen LogP contribution in [0.4, 0.5) is 0 Å². The summed E-state index contributed by atoms with van der Waals surface area (Å²) >= 11 is 11.6. The van der Waals surface area contributed by atoms with E-state index in [1.54, 1.807) is 0 Å². The van der Waals surface area contributed by atoms with Crippen LogP contribution in [0, 0.1) is 28.6 Å². The molecule has 8 atom stereocenters. The molecule has 0 aromatic heterocycles. The lowest BCUT2D eigenvalue weighted by Crippen LogP contribution is -2.62. The number of halogens is 3. The zero-order valence-corrected chi connectivity index (χ0v) is 22.2. The van der Waals surface area contributed by atoms with E-state index in [1.165, 1.54) is 26.2 Å². The number of carbonyl (C=O) groups is 2. The second-order valence-corrected chi connectivity index (χ2v) is 13.0. The van der Waals surface area contributed by atoms with Gasteiger partial charge in [0, 0.05) is 22.7 Å². The van der Waals surface area contributed by atoms with E-state index < -0.39 is 0 Å². The molecule has 162 valence electrons. The van der Waals surface area contributed by atoms with Gasteiger partial charge in [-0.25, -0.2) is 0 Å². The first-order valence-electron chi connectivity index (χ1n) is 10.9. The first kappa shape index (κ1) is 22.5. The molecule has 0 radical (unpaired) electrons. The van der Waals surface area contributed by atoms with Gasteiger partial charge in [0.2, 0.25) is 0 Å². The molecule has 0 aromatic carbocycles. The minimum Gasteiger partial charge on any atom is -0.463 e. The molecule has 3 saturated carbocycles. The molecule has 0 bridgehead atoms. The summed E-state index contributed by atoms with van der Waals surface area (Å²) in [5.41, 5.74) is 1.15. The van der Waals surface area contributed by atoms with Crippen molar-refractivity contribution in [2.75, 3.05) is 5.33 Å². The van der Waals surface area contributed by atoms with Gasteiger partial charge in [-0.3, -0.25) is 9.59 Å². The van der Waals surface area contributed by atoms with Crippen LogP contribution in [-0.2, 0) is 14.3 Å². The molecule has 6 heteroatoms. The third kappa shape index (κ3) is 3.20. The van der Waals surface area contributed by atoms with Crippen molar-refractivity contribution in [3.8, 4) is 0 Å². The zero-order valence-electron chi connectivity index (χ0n) is 17.5. The second-order valence-electron chi connectivity index (χ2n) is 10.2. The molecule has 0 heterocycles. The highest BCUT2D eigenvalue weighted by molar-refractivity contribution is 9.12. The van der Waals surface area contributed by atoms with Gasteiger partial charge in [0.15, 0.2) is 5.78 Å². The first-order chi connectivity index (χ1) is 13.6. The molecule has 3 nitrogen and oxygen atoms in total. The molecule has 0 aromatic rings. The number of alkyl halides is 3. The Labute approximate surface area is 199 Å². The van der Waals surface area contributed by atoms with Crippen LogP contribution in [0.15, 0.2) is 11.6 Å². The molecule has 4 rings (SSSR count). The largest absolute Gasteiger partial charge is 0.463 e. The van der Waals surface area contributed by atoms with E-state index in [1.807, 2.05) is 0 Å². The molecule has 0 N–H and O–H groups in total. The smallest absolute Gasteiger partial charge is 0.302 e. The van der Waals surface area contributed by atoms with Crippen LogP contribution in [0.2, 0.25) is 0 Å². The van der Waals surface area contributed by atoms with Crippen LogP contribution >= 0.6 is 47.8 Å². The number of rotatable bonds is 3. The van der Waals surface area contributed by atoms with Gasteiger partial charge in [-0.15, -0.1) is 0 Å². The molecule has 0 amide bonds. The number of fused-ring (bicyclic) bond motifs is 5. The maximum atomic E-state index is 12.7. The van der Waals surface area contributed by atoms with E-state index in [4.69, 9.17) is 4.74 Å². The Bertz CT molecular complexity index is 752. The number of hydrogen-bond donors (Lipinski definition) is 0. The minimum atomic E-state index is -0.150. The van der Waals surface area contributed by atoms with Gasteiger partial charge in [-0.1, -0.05) is 67.7 Å². The van der Waals surface area contributed by atoms with Crippen molar-refractivity contribution < 1.29 is 14.3 Å². The van der Waals surface area contributed by atoms with E-state index in [0.717, 1.165) is 31.3 Å². The molecular formula is C23H31Br3O3. The number of hydrogen-bond acceptors (Lipinski definition) is 3. The maximum Gasteiger partial charge on any atom is 0.302 e. The Morgan fingerprint density at radius 2 is 1.86 bits per heavy atom. The number of allylic oxidation sites excluding steroid dienone is 2. The molecule has 3 fully saturated rings. The monoisotopic (exact) mass is 592 g/mol. The molecular weight excluding hydrogens is 564 g/mol. The molecule has 0 aliphatic heterocycles.